The SMILES string of the molecule is CCCCOCCNCC1CCCC1C(=O)O. The average Bonchev–Trinajstić information content (AvgIpc) is 2.76. The maximum Gasteiger partial charge on any atom is 0.306 e. The van der Waals surface area contributed by atoms with Crippen LogP contribution >= 0.6 is 0 Å². The van der Waals surface area contributed by atoms with Gasteiger partial charge in [-0.05, 0) is 31.7 Å². The summed E-state index contributed by atoms with van der Waals surface area (Å²) in [6.07, 6.45) is 5.21. The van der Waals surface area contributed by atoms with Gasteiger partial charge < -0.3 is 15.2 Å². The monoisotopic (exact) mass is 243 g/mol. The van der Waals surface area contributed by atoms with E-state index in [4.69, 9.17) is 9.84 Å². The minimum absolute atomic E-state index is 0.136. The van der Waals surface area contributed by atoms with E-state index in [1.54, 1.807) is 0 Å². The lowest BCUT2D eigenvalue weighted by atomic mass is 9.96. The van der Waals surface area contributed by atoms with Crippen molar-refractivity contribution in [1.29, 1.82) is 0 Å². The van der Waals surface area contributed by atoms with Crippen molar-refractivity contribution in [3.05, 3.63) is 0 Å². The molecule has 2 unspecified atom stereocenters. The maximum atomic E-state index is 11.0. The first kappa shape index (κ1) is 14.5. The van der Waals surface area contributed by atoms with Crippen LogP contribution in [0.1, 0.15) is 39.0 Å². The second-order valence-electron chi connectivity index (χ2n) is 4.81. The standard InChI is InChI=1S/C13H25NO3/c1-2-3-8-17-9-7-14-10-11-5-4-6-12(11)13(15)16/h11-12,14H,2-10H2,1H3,(H,15,16). The molecule has 0 heterocycles. The zero-order valence-corrected chi connectivity index (χ0v) is 10.8. The number of carbonyl (C=O) groups is 1. The maximum absolute atomic E-state index is 11.0. The minimum atomic E-state index is -0.631. The van der Waals surface area contributed by atoms with Crippen LogP contribution in [0.2, 0.25) is 0 Å². The van der Waals surface area contributed by atoms with Gasteiger partial charge in [0.2, 0.25) is 0 Å². The van der Waals surface area contributed by atoms with Crippen molar-refractivity contribution in [3.8, 4) is 0 Å². The molecule has 17 heavy (non-hydrogen) atoms. The van der Waals surface area contributed by atoms with Crippen LogP contribution in [0.3, 0.4) is 0 Å². The number of rotatable bonds is 9. The predicted molar refractivity (Wildman–Crippen MR) is 67.1 cm³/mol. The van der Waals surface area contributed by atoms with Gasteiger partial charge in [-0.1, -0.05) is 19.8 Å². The third-order valence-corrected chi connectivity index (χ3v) is 3.45. The number of unbranched alkanes of at least 4 members (excludes halogenated alkanes) is 1. The zero-order valence-electron chi connectivity index (χ0n) is 10.8. The number of aliphatic carboxylic acids is 1. The van der Waals surface area contributed by atoms with Crippen LogP contribution in [0, 0.1) is 11.8 Å². The van der Waals surface area contributed by atoms with E-state index in [2.05, 4.69) is 12.2 Å². The van der Waals surface area contributed by atoms with E-state index in [0.29, 0.717) is 5.92 Å². The Balaban J connectivity index is 2.00. The number of ether oxygens (including phenoxy) is 1. The average molecular weight is 243 g/mol. The molecule has 1 aliphatic rings. The lowest BCUT2D eigenvalue weighted by molar-refractivity contribution is -0.142. The van der Waals surface area contributed by atoms with Gasteiger partial charge in [-0.3, -0.25) is 4.79 Å². The molecule has 1 aliphatic carbocycles. The summed E-state index contributed by atoms with van der Waals surface area (Å²) >= 11 is 0. The Hall–Kier alpha value is -0.610. The highest BCUT2D eigenvalue weighted by Crippen LogP contribution is 2.31. The Morgan fingerprint density at radius 3 is 2.94 bits per heavy atom. The summed E-state index contributed by atoms with van der Waals surface area (Å²) < 4.78 is 5.43. The van der Waals surface area contributed by atoms with Crippen molar-refractivity contribution in [3.63, 3.8) is 0 Å². The quantitative estimate of drug-likeness (QED) is 0.607. The van der Waals surface area contributed by atoms with Crippen molar-refractivity contribution in [2.24, 2.45) is 11.8 Å². The van der Waals surface area contributed by atoms with Crippen molar-refractivity contribution >= 4 is 5.97 Å². The molecule has 1 saturated carbocycles. The summed E-state index contributed by atoms with van der Waals surface area (Å²) in [4.78, 5) is 11.0. The molecule has 0 aromatic carbocycles. The van der Waals surface area contributed by atoms with E-state index in [0.717, 1.165) is 58.4 Å². The molecule has 2 atom stereocenters. The molecule has 0 saturated heterocycles. The van der Waals surface area contributed by atoms with Gasteiger partial charge in [0.25, 0.3) is 0 Å². The Labute approximate surface area is 104 Å². The fourth-order valence-electron chi connectivity index (χ4n) is 2.39. The highest BCUT2D eigenvalue weighted by atomic mass is 16.5. The number of carboxylic acids is 1. The van der Waals surface area contributed by atoms with Crippen molar-refractivity contribution in [2.75, 3.05) is 26.3 Å². The van der Waals surface area contributed by atoms with Crippen LogP contribution in [-0.4, -0.2) is 37.4 Å². The van der Waals surface area contributed by atoms with E-state index in [1.165, 1.54) is 0 Å². The summed E-state index contributed by atoms with van der Waals surface area (Å²) in [5.41, 5.74) is 0. The first-order valence-electron chi connectivity index (χ1n) is 6.77. The molecule has 0 radical (unpaired) electrons. The topological polar surface area (TPSA) is 58.6 Å². The van der Waals surface area contributed by atoms with Crippen LogP contribution in [0.5, 0.6) is 0 Å². The molecule has 0 bridgehead atoms. The lowest BCUT2D eigenvalue weighted by Gasteiger charge is -2.16. The zero-order chi connectivity index (χ0) is 12.5. The summed E-state index contributed by atoms with van der Waals surface area (Å²) in [6, 6.07) is 0. The Bertz CT molecular complexity index is 221. The van der Waals surface area contributed by atoms with Crippen LogP contribution in [0.4, 0.5) is 0 Å². The third-order valence-electron chi connectivity index (χ3n) is 3.45. The van der Waals surface area contributed by atoms with Gasteiger partial charge in [-0.15, -0.1) is 0 Å². The molecule has 4 nitrogen and oxygen atoms in total. The summed E-state index contributed by atoms with van der Waals surface area (Å²) in [6.45, 7) is 5.35. The molecule has 100 valence electrons. The van der Waals surface area contributed by atoms with Crippen molar-refractivity contribution in [2.45, 2.75) is 39.0 Å². The predicted octanol–water partition coefficient (Wildman–Crippen LogP) is 1.89. The second kappa shape index (κ2) is 8.48. The lowest BCUT2D eigenvalue weighted by Crippen LogP contribution is -2.31. The molecule has 0 spiro atoms. The normalized spacial score (nSPS) is 24.1. The third kappa shape index (κ3) is 5.50. The van der Waals surface area contributed by atoms with E-state index in [9.17, 15) is 4.79 Å². The van der Waals surface area contributed by atoms with Crippen LogP contribution < -0.4 is 5.32 Å². The number of carboxylic acid groups (broad SMARTS) is 1. The van der Waals surface area contributed by atoms with Gasteiger partial charge in [0.15, 0.2) is 0 Å². The molecule has 0 aromatic heterocycles. The van der Waals surface area contributed by atoms with Crippen molar-refractivity contribution in [1.82, 2.24) is 5.32 Å². The molecule has 0 aromatic rings. The molecule has 1 fully saturated rings. The molecule has 0 amide bonds. The summed E-state index contributed by atoms with van der Waals surface area (Å²) in [5, 5.41) is 12.3. The molecule has 1 rings (SSSR count). The largest absolute Gasteiger partial charge is 0.481 e. The summed E-state index contributed by atoms with van der Waals surface area (Å²) in [7, 11) is 0. The first-order valence-corrected chi connectivity index (χ1v) is 6.77. The fourth-order valence-corrected chi connectivity index (χ4v) is 2.39. The molecule has 0 aliphatic heterocycles. The number of nitrogens with one attached hydrogen (secondary N) is 1. The van der Waals surface area contributed by atoms with Gasteiger partial charge in [-0.25, -0.2) is 0 Å². The van der Waals surface area contributed by atoms with Gasteiger partial charge in [0, 0.05) is 13.2 Å². The number of hydrogen-bond donors (Lipinski definition) is 2. The summed E-state index contributed by atoms with van der Waals surface area (Å²) in [5.74, 6) is -0.458. The van der Waals surface area contributed by atoms with Crippen LogP contribution in [0.15, 0.2) is 0 Å². The Morgan fingerprint density at radius 1 is 1.41 bits per heavy atom. The molecule has 4 heteroatoms. The minimum Gasteiger partial charge on any atom is -0.481 e. The number of hydrogen-bond acceptors (Lipinski definition) is 3. The van der Waals surface area contributed by atoms with Crippen LogP contribution in [-0.2, 0) is 9.53 Å². The van der Waals surface area contributed by atoms with Gasteiger partial charge in [0.05, 0.1) is 12.5 Å². The smallest absolute Gasteiger partial charge is 0.306 e. The van der Waals surface area contributed by atoms with E-state index >= 15 is 0 Å². The first-order chi connectivity index (χ1) is 8.25. The van der Waals surface area contributed by atoms with Gasteiger partial charge in [-0.2, -0.15) is 0 Å². The van der Waals surface area contributed by atoms with E-state index < -0.39 is 5.97 Å². The van der Waals surface area contributed by atoms with E-state index in [-0.39, 0.29) is 5.92 Å². The molecule has 2 N–H and O–H groups in total. The van der Waals surface area contributed by atoms with Gasteiger partial charge in [0.1, 0.15) is 0 Å². The highest BCUT2D eigenvalue weighted by molar-refractivity contribution is 5.70. The van der Waals surface area contributed by atoms with Crippen molar-refractivity contribution < 1.29 is 14.6 Å². The highest BCUT2D eigenvalue weighted by Gasteiger charge is 2.32. The second-order valence-corrected chi connectivity index (χ2v) is 4.81. The Morgan fingerprint density at radius 2 is 2.24 bits per heavy atom. The van der Waals surface area contributed by atoms with E-state index in [1.807, 2.05) is 0 Å². The Kier molecular flexibility index (Phi) is 7.21. The molecular weight excluding hydrogens is 218 g/mol. The fraction of sp³-hybridized carbons (Fsp3) is 0.923. The van der Waals surface area contributed by atoms with Crippen LogP contribution in [0.25, 0.3) is 0 Å². The molecular formula is C13H25NO3. The van der Waals surface area contributed by atoms with Gasteiger partial charge >= 0.3 is 5.97 Å².